The van der Waals surface area contributed by atoms with Crippen molar-refractivity contribution in [2.45, 2.75) is 39.5 Å². The van der Waals surface area contributed by atoms with Gasteiger partial charge >= 0.3 is 0 Å². The highest BCUT2D eigenvalue weighted by molar-refractivity contribution is 7.93. The van der Waals surface area contributed by atoms with Crippen LogP contribution in [0.25, 0.3) is 0 Å². The Morgan fingerprint density at radius 2 is 1.45 bits per heavy atom. The Kier molecular flexibility index (Phi) is 7.12. The van der Waals surface area contributed by atoms with Gasteiger partial charge in [-0.2, -0.15) is 0 Å². The van der Waals surface area contributed by atoms with Gasteiger partial charge in [0.15, 0.2) is 0 Å². The number of hydrogen-bond acceptors (Lipinski definition) is 4. The number of nitrogens with zero attached hydrogens (tertiary/aromatic N) is 1. The van der Waals surface area contributed by atoms with Crippen LogP contribution in [0.3, 0.4) is 0 Å². The molecule has 174 valence electrons. The maximum Gasteiger partial charge on any atom is 0.268 e. The van der Waals surface area contributed by atoms with Crippen LogP contribution in [-0.4, -0.2) is 28.0 Å². The number of sulfonamides is 1. The molecule has 0 aliphatic rings. The number of rotatable bonds is 7. The number of aryl methyl sites for hydroxylation is 5. The average Bonchev–Trinajstić information content (AvgIpc) is 2.73. The van der Waals surface area contributed by atoms with E-state index < -0.39 is 15.9 Å². The zero-order chi connectivity index (χ0) is 24.3. The van der Waals surface area contributed by atoms with Crippen molar-refractivity contribution in [3.8, 4) is 5.75 Å². The molecule has 0 aromatic heterocycles. The molecule has 0 unspecified atom stereocenters. The molecule has 3 aromatic rings. The van der Waals surface area contributed by atoms with Crippen molar-refractivity contribution in [3.05, 3.63) is 82.4 Å². The first-order valence-corrected chi connectivity index (χ1v) is 12.1. The van der Waals surface area contributed by atoms with Crippen LogP contribution >= 0.6 is 0 Å². The number of methoxy groups -OCH3 is 1. The third-order valence-electron chi connectivity index (χ3n) is 5.34. The Bertz CT molecular complexity index is 1280. The molecule has 0 heterocycles. The predicted octanol–water partition coefficient (Wildman–Crippen LogP) is 5.07. The third-order valence-corrected chi connectivity index (χ3v) is 7.13. The Balaban J connectivity index is 2.08. The molecular formula is C26H30N2O4S. The number of anilines is 2. The minimum atomic E-state index is -4.11. The lowest BCUT2D eigenvalue weighted by atomic mass is 10.1. The van der Waals surface area contributed by atoms with Crippen molar-refractivity contribution in [1.29, 1.82) is 0 Å². The van der Waals surface area contributed by atoms with E-state index in [1.165, 1.54) is 7.11 Å². The van der Waals surface area contributed by atoms with Crippen LogP contribution in [-0.2, 0) is 14.8 Å². The van der Waals surface area contributed by atoms with Crippen LogP contribution in [0.1, 0.15) is 27.8 Å². The minimum absolute atomic E-state index is 0.0173. The summed E-state index contributed by atoms with van der Waals surface area (Å²) in [5.74, 6) is -0.206. The van der Waals surface area contributed by atoms with Gasteiger partial charge in [-0.15, -0.1) is 0 Å². The first-order valence-electron chi connectivity index (χ1n) is 10.6. The Morgan fingerprint density at radius 3 is 2.09 bits per heavy atom. The maximum absolute atomic E-state index is 13.9. The molecule has 6 nitrogen and oxygen atoms in total. The summed E-state index contributed by atoms with van der Waals surface area (Å²) in [5.41, 5.74) is 5.55. The van der Waals surface area contributed by atoms with E-state index >= 15 is 0 Å². The van der Waals surface area contributed by atoms with Crippen molar-refractivity contribution in [2.24, 2.45) is 0 Å². The monoisotopic (exact) mass is 466 g/mol. The van der Waals surface area contributed by atoms with E-state index in [2.05, 4.69) is 5.32 Å². The summed E-state index contributed by atoms with van der Waals surface area (Å²) >= 11 is 0. The summed E-state index contributed by atoms with van der Waals surface area (Å²) in [6.07, 6.45) is 0. The molecule has 0 bridgehead atoms. The summed E-state index contributed by atoms with van der Waals surface area (Å²) in [7, 11) is -2.68. The van der Waals surface area contributed by atoms with Crippen molar-refractivity contribution in [2.75, 3.05) is 23.3 Å². The van der Waals surface area contributed by atoms with E-state index in [4.69, 9.17) is 4.74 Å². The molecule has 1 amide bonds. The number of benzene rings is 3. The Hall–Kier alpha value is -3.32. The molecule has 1 N–H and O–H groups in total. The highest BCUT2D eigenvalue weighted by Gasteiger charge is 2.30. The molecule has 0 radical (unpaired) electrons. The van der Waals surface area contributed by atoms with Gasteiger partial charge < -0.3 is 10.1 Å². The smallest absolute Gasteiger partial charge is 0.268 e. The molecule has 0 aliphatic heterocycles. The van der Waals surface area contributed by atoms with Crippen LogP contribution in [0.2, 0.25) is 0 Å². The molecule has 0 fully saturated rings. The number of carbonyl (C=O) groups excluding carboxylic acids is 1. The molecule has 7 heteroatoms. The van der Waals surface area contributed by atoms with Gasteiger partial charge in [-0.1, -0.05) is 24.3 Å². The van der Waals surface area contributed by atoms with Crippen LogP contribution < -0.4 is 14.4 Å². The normalized spacial score (nSPS) is 11.2. The molecular weight excluding hydrogens is 436 g/mol. The van der Waals surface area contributed by atoms with Gasteiger partial charge in [0.05, 0.1) is 12.8 Å². The topological polar surface area (TPSA) is 75.7 Å². The van der Waals surface area contributed by atoms with Crippen LogP contribution in [0, 0.1) is 34.6 Å². The molecule has 3 rings (SSSR count). The highest BCUT2D eigenvalue weighted by atomic mass is 32.2. The van der Waals surface area contributed by atoms with Crippen molar-refractivity contribution in [3.63, 3.8) is 0 Å². The molecule has 3 aromatic carbocycles. The standard InChI is InChI=1S/C26H30N2O4S/c1-17-7-9-21(5)23(14-17)27-26(29)16-28(22-12-19(3)11-20(4)13-22)33(30,31)25-15-18(2)8-10-24(25)32-6/h7-15H,16H2,1-6H3,(H,27,29). The number of ether oxygens (including phenoxy) is 1. The lowest BCUT2D eigenvalue weighted by molar-refractivity contribution is -0.114. The van der Waals surface area contributed by atoms with Gasteiger partial charge in [0.25, 0.3) is 10.0 Å². The fraction of sp³-hybridized carbons (Fsp3) is 0.269. The van der Waals surface area contributed by atoms with E-state index in [1.807, 2.05) is 58.9 Å². The second kappa shape index (κ2) is 9.67. The largest absolute Gasteiger partial charge is 0.495 e. The first-order chi connectivity index (χ1) is 15.5. The van der Waals surface area contributed by atoms with Crippen LogP contribution in [0.5, 0.6) is 5.75 Å². The van der Waals surface area contributed by atoms with Crippen molar-refractivity contribution >= 4 is 27.3 Å². The van der Waals surface area contributed by atoms with Gasteiger partial charge in [0.2, 0.25) is 5.91 Å². The van der Waals surface area contributed by atoms with Gasteiger partial charge in [0.1, 0.15) is 17.2 Å². The second-order valence-corrected chi connectivity index (χ2v) is 10.2. The summed E-state index contributed by atoms with van der Waals surface area (Å²) in [6.45, 7) is 9.05. The molecule has 0 atom stereocenters. The Labute approximate surface area is 196 Å². The lowest BCUT2D eigenvalue weighted by Crippen LogP contribution is -2.38. The van der Waals surface area contributed by atoms with Gasteiger partial charge in [-0.05, 0) is 92.8 Å². The molecule has 0 aliphatic carbocycles. The van der Waals surface area contributed by atoms with E-state index in [-0.39, 0.29) is 17.2 Å². The lowest BCUT2D eigenvalue weighted by Gasteiger charge is -2.26. The average molecular weight is 467 g/mol. The number of amides is 1. The summed E-state index contributed by atoms with van der Waals surface area (Å²) in [6, 6.07) is 16.2. The SMILES string of the molecule is COc1ccc(C)cc1S(=O)(=O)N(CC(=O)Nc1cc(C)ccc1C)c1cc(C)cc(C)c1. The van der Waals surface area contributed by atoms with Crippen LogP contribution in [0.15, 0.2) is 59.5 Å². The zero-order valence-electron chi connectivity index (χ0n) is 19.9. The second-order valence-electron chi connectivity index (χ2n) is 8.38. The number of carbonyl (C=O) groups is 1. The minimum Gasteiger partial charge on any atom is -0.495 e. The van der Waals surface area contributed by atoms with E-state index in [1.54, 1.807) is 30.3 Å². The third kappa shape index (κ3) is 5.54. The quantitative estimate of drug-likeness (QED) is 0.527. The van der Waals surface area contributed by atoms with Gasteiger partial charge in [0, 0.05) is 5.69 Å². The molecule has 33 heavy (non-hydrogen) atoms. The first kappa shape index (κ1) is 24.3. The summed E-state index contributed by atoms with van der Waals surface area (Å²) < 4.78 is 34.2. The molecule has 0 saturated heterocycles. The molecule has 0 saturated carbocycles. The van der Waals surface area contributed by atoms with Crippen LogP contribution in [0.4, 0.5) is 11.4 Å². The predicted molar refractivity (Wildman–Crippen MR) is 133 cm³/mol. The fourth-order valence-corrected chi connectivity index (χ4v) is 5.35. The van der Waals surface area contributed by atoms with E-state index in [0.29, 0.717) is 11.4 Å². The van der Waals surface area contributed by atoms with Gasteiger partial charge in [-0.25, -0.2) is 8.42 Å². The maximum atomic E-state index is 13.9. The fourth-order valence-electron chi connectivity index (χ4n) is 3.70. The van der Waals surface area contributed by atoms with Crippen molar-refractivity contribution < 1.29 is 17.9 Å². The van der Waals surface area contributed by atoms with E-state index in [9.17, 15) is 13.2 Å². The summed E-state index contributed by atoms with van der Waals surface area (Å²) in [4.78, 5) is 13.1. The van der Waals surface area contributed by atoms with Gasteiger partial charge in [-0.3, -0.25) is 9.10 Å². The highest BCUT2D eigenvalue weighted by Crippen LogP contribution is 2.32. The Morgan fingerprint density at radius 1 is 0.848 bits per heavy atom. The van der Waals surface area contributed by atoms with E-state index in [0.717, 1.165) is 32.1 Å². The zero-order valence-corrected chi connectivity index (χ0v) is 20.7. The number of hydrogen-bond donors (Lipinski definition) is 1. The molecule has 0 spiro atoms. The number of nitrogens with one attached hydrogen (secondary N) is 1. The van der Waals surface area contributed by atoms with Crippen molar-refractivity contribution in [1.82, 2.24) is 0 Å². The summed E-state index contributed by atoms with van der Waals surface area (Å²) in [5, 5.41) is 2.87.